The molecule has 0 radical (unpaired) electrons. The highest BCUT2D eigenvalue weighted by Crippen LogP contribution is 2.33. The van der Waals surface area contributed by atoms with E-state index in [0.717, 1.165) is 56.1 Å². The Labute approximate surface area is 161 Å². The Kier molecular flexibility index (Phi) is 6.34. The molecule has 0 bridgehead atoms. The molecule has 0 spiro atoms. The predicted octanol–water partition coefficient (Wildman–Crippen LogP) is 1.67. The number of hydrogen-bond acceptors (Lipinski definition) is 6. The SMILES string of the molecule is CCc1nsc(N2CCN(C(=NC)NCC3(N(C)C)CCCC3)CC2)n1. The van der Waals surface area contributed by atoms with Crippen LogP contribution in [0.2, 0.25) is 0 Å². The monoisotopic (exact) mass is 379 g/mol. The number of aliphatic imine (C=N–C) groups is 1. The van der Waals surface area contributed by atoms with E-state index in [0.29, 0.717) is 0 Å². The van der Waals surface area contributed by atoms with Crippen LogP contribution < -0.4 is 10.2 Å². The summed E-state index contributed by atoms with van der Waals surface area (Å²) in [6, 6.07) is 0. The number of rotatable bonds is 5. The lowest BCUT2D eigenvalue weighted by molar-refractivity contribution is 0.159. The van der Waals surface area contributed by atoms with E-state index >= 15 is 0 Å². The van der Waals surface area contributed by atoms with Crippen LogP contribution >= 0.6 is 11.5 Å². The van der Waals surface area contributed by atoms with Crippen LogP contribution in [0.4, 0.5) is 5.13 Å². The lowest BCUT2D eigenvalue weighted by Crippen LogP contribution is -2.57. The highest BCUT2D eigenvalue weighted by Gasteiger charge is 2.36. The Balaban J connectivity index is 1.53. The standard InChI is InChI=1S/C18H33N7S/c1-5-15-21-17(26-22-15)25-12-10-24(11-13-25)16(19-2)20-14-18(23(3)4)8-6-7-9-18/h5-14H2,1-4H3,(H,19,20). The van der Waals surface area contributed by atoms with Crippen LogP contribution in [0.3, 0.4) is 0 Å². The van der Waals surface area contributed by atoms with Gasteiger partial charge in [-0.1, -0.05) is 19.8 Å². The molecule has 1 aromatic rings. The quantitative estimate of drug-likeness (QED) is 0.620. The Morgan fingerprint density at radius 1 is 1.23 bits per heavy atom. The number of nitrogens with one attached hydrogen (secondary N) is 1. The van der Waals surface area contributed by atoms with Gasteiger partial charge in [-0.2, -0.15) is 4.37 Å². The highest BCUT2D eigenvalue weighted by atomic mass is 32.1. The average Bonchev–Trinajstić information content (AvgIpc) is 3.33. The van der Waals surface area contributed by atoms with Crippen LogP contribution in [0.25, 0.3) is 0 Å². The van der Waals surface area contributed by atoms with Crippen molar-refractivity contribution in [1.82, 2.24) is 24.5 Å². The maximum absolute atomic E-state index is 4.62. The minimum atomic E-state index is 0.279. The van der Waals surface area contributed by atoms with Gasteiger partial charge in [0.1, 0.15) is 5.82 Å². The molecule has 0 unspecified atom stereocenters. The second kappa shape index (κ2) is 8.52. The van der Waals surface area contributed by atoms with Crippen molar-refractivity contribution in [2.24, 2.45) is 4.99 Å². The van der Waals surface area contributed by atoms with Crippen molar-refractivity contribution in [3.8, 4) is 0 Å². The minimum absolute atomic E-state index is 0.279. The molecule has 0 amide bonds. The van der Waals surface area contributed by atoms with Gasteiger partial charge in [-0.25, -0.2) is 4.98 Å². The van der Waals surface area contributed by atoms with Crippen LogP contribution in [0.15, 0.2) is 4.99 Å². The third kappa shape index (κ3) is 4.11. The molecule has 2 heterocycles. The van der Waals surface area contributed by atoms with Crippen molar-refractivity contribution in [3.05, 3.63) is 5.82 Å². The first-order chi connectivity index (χ1) is 12.6. The maximum Gasteiger partial charge on any atom is 0.205 e. The Morgan fingerprint density at radius 2 is 1.92 bits per heavy atom. The van der Waals surface area contributed by atoms with E-state index in [1.54, 1.807) is 0 Å². The number of hydrogen-bond donors (Lipinski definition) is 1. The van der Waals surface area contributed by atoms with Crippen LogP contribution in [0.1, 0.15) is 38.4 Å². The van der Waals surface area contributed by atoms with Crippen molar-refractivity contribution < 1.29 is 0 Å². The summed E-state index contributed by atoms with van der Waals surface area (Å²) in [5, 5.41) is 4.72. The molecule has 146 valence electrons. The fraction of sp³-hybridized carbons (Fsp3) is 0.833. The summed E-state index contributed by atoms with van der Waals surface area (Å²) in [4.78, 5) is 16.3. The molecule has 1 aromatic heterocycles. The summed E-state index contributed by atoms with van der Waals surface area (Å²) >= 11 is 1.52. The second-order valence-electron chi connectivity index (χ2n) is 7.55. The lowest BCUT2D eigenvalue weighted by atomic mass is 9.96. The highest BCUT2D eigenvalue weighted by molar-refractivity contribution is 7.09. The molecule has 1 saturated heterocycles. The summed E-state index contributed by atoms with van der Waals surface area (Å²) in [7, 11) is 6.31. The van der Waals surface area contributed by atoms with Gasteiger partial charge >= 0.3 is 0 Å². The van der Waals surface area contributed by atoms with Crippen molar-refractivity contribution in [2.75, 3.05) is 58.8 Å². The molecule has 1 N–H and O–H groups in total. The van der Waals surface area contributed by atoms with E-state index < -0.39 is 0 Å². The van der Waals surface area contributed by atoms with Crippen molar-refractivity contribution in [1.29, 1.82) is 0 Å². The first kappa shape index (κ1) is 19.4. The maximum atomic E-state index is 4.62. The lowest BCUT2D eigenvalue weighted by Gasteiger charge is -2.40. The van der Waals surface area contributed by atoms with E-state index in [-0.39, 0.29) is 5.54 Å². The number of guanidine groups is 1. The molecule has 7 nitrogen and oxygen atoms in total. The summed E-state index contributed by atoms with van der Waals surface area (Å²) in [6.45, 7) is 6.95. The van der Waals surface area contributed by atoms with E-state index in [4.69, 9.17) is 0 Å². The van der Waals surface area contributed by atoms with Gasteiger partial charge in [-0.3, -0.25) is 4.99 Å². The number of likely N-dealkylation sites (N-methyl/N-ethyl adjacent to an activating group) is 1. The van der Waals surface area contributed by atoms with Crippen molar-refractivity contribution in [3.63, 3.8) is 0 Å². The van der Waals surface area contributed by atoms with Gasteiger partial charge in [-0.15, -0.1) is 0 Å². The first-order valence-corrected chi connectivity index (χ1v) is 10.6. The fourth-order valence-electron chi connectivity index (χ4n) is 4.02. The summed E-state index contributed by atoms with van der Waals surface area (Å²) in [5.41, 5.74) is 0.279. The van der Waals surface area contributed by atoms with E-state index in [9.17, 15) is 0 Å². The molecular weight excluding hydrogens is 346 g/mol. The van der Waals surface area contributed by atoms with Crippen LogP contribution in [-0.2, 0) is 6.42 Å². The molecule has 26 heavy (non-hydrogen) atoms. The van der Waals surface area contributed by atoms with Gasteiger partial charge in [0.05, 0.1) is 0 Å². The number of anilines is 1. The van der Waals surface area contributed by atoms with E-state index in [1.807, 2.05) is 7.05 Å². The third-order valence-electron chi connectivity index (χ3n) is 5.89. The van der Waals surface area contributed by atoms with Crippen LogP contribution in [-0.4, -0.2) is 84.5 Å². The van der Waals surface area contributed by atoms with Gasteiger partial charge in [0, 0.05) is 63.3 Å². The minimum Gasteiger partial charge on any atom is -0.354 e. The predicted molar refractivity (Wildman–Crippen MR) is 109 cm³/mol. The molecule has 0 aromatic carbocycles. The Morgan fingerprint density at radius 3 is 2.46 bits per heavy atom. The summed E-state index contributed by atoms with van der Waals surface area (Å²) < 4.78 is 4.41. The molecule has 2 fully saturated rings. The molecule has 8 heteroatoms. The van der Waals surface area contributed by atoms with Crippen LogP contribution in [0.5, 0.6) is 0 Å². The zero-order valence-corrected chi connectivity index (χ0v) is 17.5. The summed E-state index contributed by atoms with van der Waals surface area (Å²) in [5.74, 6) is 1.99. The first-order valence-electron chi connectivity index (χ1n) is 9.78. The molecule has 1 aliphatic carbocycles. The van der Waals surface area contributed by atoms with Gasteiger partial charge in [0.15, 0.2) is 5.96 Å². The zero-order valence-electron chi connectivity index (χ0n) is 16.7. The number of aromatic nitrogens is 2. The smallest absolute Gasteiger partial charge is 0.205 e. The van der Waals surface area contributed by atoms with Gasteiger partial charge < -0.3 is 20.0 Å². The number of aryl methyl sites for hydroxylation is 1. The molecule has 0 atom stereocenters. The third-order valence-corrected chi connectivity index (χ3v) is 6.71. The normalized spacial score (nSPS) is 20.9. The van der Waals surface area contributed by atoms with Gasteiger partial charge in [0.25, 0.3) is 0 Å². The average molecular weight is 380 g/mol. The van der Waals surface area contributed by atoms with Crippen molar-refractivity contribution in [2.45, 2.75) is 44.6 Å². The Bertz CT molecular complexity index is 598. The van der Waals surface area contributed by atoms with Crippen molar-refractivity contribution >= 4 is 22.6 Å². The topological polar surface area (TPSA) is 59.9 Å². The van der Waals surface area contributed by atoms with Gasteiger partial charge in [-0.05, 0) is 26.9 Å². The fourth-order valence-corrected chi connectivity index (χ4v) is 4.82. The Hall–Kier alpha value is -1.41. The molecular formula is C18H33N7S. The van der Waals surface area contributed by atoms with Gasteiger partial charge in [0.2, 0.25) is 5.13 Å². The molecule has 1 saturated carbocycles. The largest absolute Gasteiger partial charge is 0.354 e. The molecule has 2 aliphatic rings. The summed E-state index contributed by atoms with van der Waals surface area (Å²) in [6.07, 6.45) is 6.11. The van der Waals surface area contributed by atoms with Crippen LogP contribution in [0, 0.1) is 0 Å². The zero-order chi connectivity index (χ0) is 18.6. The number of piperazine rings is 1. The molecule has 1 aliphatic heterocycles. The molecule has 3 rings (SSSR count). The van der Waals surface area contributed by atoms with E-state index in [1.165, 1.54) is 37.2 Å². The number of nitrogens with zero attached hydrogens (tertiary/aromatic N) is 6. The second-order valence-corrected chi connectivity index (χ2v) is 8.28. The van der Waals surface area contributed by atoms with E-state index in [2.05, 4.69) is 55.4 Å².